The molecule has 0 heterocycles. The second-order valence-electron chi connectivity index (χ2n) is 4.60. The predicted molar refractivity (Wildman–Crippen MR) is 87.0 cm³/mol. The van der Waals surface area contributed by atoms with Crippen LogP contribution in [0.4, 0.5) is 4.79 Å². The van der Waals surface area contributed by atoms with Gasteiger partial charge in [0.05, 0.1) is 22.2 Å². The van der Waals surface area contributed by atoms with Gasteiger partial charge < -0.3 is 21.1 Å². The summed E-state index contributed by atoms with van der Waals surface area (Å²) in [4.78, 5) is 34.8. The highest BCUT2D eigenvalue weighted by molar-refractivity contribution is 6.39. The molecule has 23 heavy (non-hydrogen) atoms. The maximum Gasteiger partial charge on any atom is 0.328 e. The normalized spacial score (nSPS) is 11.4. The lowest BCUT2D eigenvalue weighted by Crippen LogP contribution is -2.50. The number of amides is 3. The van der Waals surface area contributed by atoms with E-state index in [2.05, 4.69) is 16.0 Å². The largest absolute Gasteiger partial charge is 0.480 e. The van der Waals surface area contributed by atoms with Crippen LogP contribution in [0, 0.1) is 0 Å². The number of nitrogens with one attached hydrogen (secondary N) is 3. The van der Waals surface area contributed by atoms with Gasteiger partial charge in [0.15, 0.2) is 0 Å². The first kappa shape index (κ1) is 19.1. The van der Waals surface area contributed by atoms with Gasteiger partial charge in [0.1, 0.15) is 6.04 Å². The van der Waals surface area contributed by atoms with E-state index >= 15 is 0 Å². The minimum atomic E-state index is -1.32. The van der Waals surface area contributed by atoms with Crippen molar-refractivity contribution >= 4 is 41.1 Å². The van der Waals surface area contributed by atoms with Crippen LogP contribution in [0.2, 0.25) is 10.0 Å². The van der Waals surface area contributed by atoms with Crippen LogP contribution < -0.4 is 16.0 Å². The van der Waals surface area contributed by atoms with E-state index < -0.39 is 23.9 Å². The van der Waals surface area contributed by atoms with E-state index in [0.29, 0.717) is 6.54 Å². The van der Waals surface area contributed by atoms with Gasteiger partial charge in [-0.1, -0.05) is 36.2 Å². The molecule has 126 valence electrons. The van der Waals surface area contributed by atoms with Crippen molar-refractivity contribution in [3.63, 3.8) is 0 Å². The first-order chi connectivity index (χ1) is 10.9. The topological polar surface area (TPSA) is 108 Å². The van der Waals surface area contributed by atoms with Gasteiger partial charge in [-0.25, -0.2) is 9.59 Å². The minimum Gasteiger partial charge on any atom is -0.480 e. The number of halogens is 2. The van der Waals surface area contributed by atoms with Gasteiger partial charge in [0.2, 0.25) is 0 Å². The van der Waals surface area contributed by atoms with E-state index in [1.54, 1.807) is 6.07 Å². The Morgan fingerprint density at radius 2 is 1.78 bits per heavy atom. The zero-order valence-electron chi connectivity index (χ0n) is 12.4. The number of carbonyl (C=O) groups excluding carboxylic acids is 2. The van der Waals surface area contributed by atoms with Gasteiger partial charge in [0, 0.05) is 6.54 Å². The SMILES string of the molecule is CCCNC(=O)NC[C@H](NC(=O)c1c(Cl)cccc1Cl)C(=O)O. The lowest BCUT2D eigenvalue weighted by atomic mass is 10.2. The van der Waals surface area contributed by atoms with Crippen LogP contribution in [0.3, 0.4) is 0 Å². The number of benzene rings is 1. The van der Waals surface area contributed by atoms with E-state index in [0.717, 1.165) is 6.42 Å². The van der Waals surface area contributed by atoms with Crippen molar-refractivity contribution in [2.75, 3.05) is 13.1 Å². The summed E-state index contributed by atoms with van der Waals surface area (Å²) in [5, 5.41) is 16.5. The zero-order valence-corrected chi connectivity index (χ0v) is 13.9. The van der Waals surface area contributed by atoms with E-state index in [-0.39, 0.29) is 22.2 Å². The summed E-state index contributed by atoms with van der Waals surface area (Å²) >= 11 is 11.8. The van der Waals surface area contributed by atoms with E-state index in [4.69, 9.17) is 28.3 Å². The minimum absolute atomic E-state index is 0.0162. The highest BCUT2D eigenvalue weighted by Crippen LogP contribution is 2.24. The molecule has 1 aromatic rings. The average Bonchev–Trinajstić information content (AvgIpc) is 2.48. The van der Waals surface area contributed by atoms with Crippen LogP contribution in [0.15, 0.2) is 18.2 Å². The van der Waals surface area contributed by atoms with Crippen molar-refractivity contribution < 1.29 is 19.5 Å². The fourth-order valence-corrected chi connectivity index (χ4v) is 2.21. The summed E-state index contributed by atoms with van der Waals surface area (Å²) < 4.78 is 0. The Morgan fingerprint density at radius 3 is 2.30 bits per heavy atom. The molecule has 7 nitrogen and oxygen atoms in total. The Kier molecular flexibility index (Phi) is 7.64. The molecule has 0 aliphatic carbocycles. The summed E-state index contributed by atoms with van der Waals surface area (Å²) in [5.74, 6) is -2.03. The maximum absolute atomic E-state index is 12.1. The number of rotatable bonds is 7. The van der Waals surface area contributed by atoms with Gasteiger partial charge in [0.25, 0.3) is 5.91 Å². The van der Waals surface area contributed by atoms with Crippen LogP contribution in [0.1, 0.15) is 23.7 Å². The Bertz CT molecular complexity index is 575. The average molecular weight is 362 g/mol. The molecule has 0 saturated carbocycles. The molecular weight excluding hydrogens is 345 g/mol. The van der Waals surface area contributed by atoms with Crippen molar-refractivity contribution in [1.29, 1.82) is 0 Å². The predicted octanol–water partition coefficient (Wildman–Crippen LogP) is 1.89. The summed E-state index contributed by atoms with van der Waals surface area (Å²) in [5.41, 5.74) is -0.0162. The van der Waals surface area contributed by atoms with E-state index in [1.165, 1.54) is 12.1 Å². The molecule has 0 aliphatic rings. The third-order valence-electron chi connectivity index (χ3n) is 2.80. The van der Waals surface area contributed by atoms with Crippen LogP contribution in [-0.4, -0.2) is 42.1 Å². The third-order valence-corrected chi connectivity index (χ3v) is 3.43. The number of aliphatic carboxylic acids is 1. The molecule has 3 amide bonds. The Labute approximate surface area is 143 Å². The molecule has 4 N–H and O–H groups in total. The van der Waals surface area contributed by atoms with Gasteiger partial charge in [-0.2, -0.15) is 0 Å². The Hall–Kier alpha value is -1.99. The first-order valence-electron chi connectivity index (χ1n) is 6.86. The van der Waals surface area contributed by atoms with Crippen LogP contribution in [-0.2, 0) is 4.79 Å². The molecule has 0 unspecified atom stereocenters. The lowest BCUT2D eigenvalue weighted by molar-refractivity contribution is -0.139. The second kappa shape index (κ2) is 9.22. The monoisotopic (exact) mass is 361 g/mol. The third kappa shape index (κ3) is 5.96. The lowest BCUT2D eigenvalue weighted by Gasteiger charge is -2.16. The molecule has 1 rings (SSSR count). The standard InChI is InChI=1S/C14H17Cl2N3O4/c1-2-6-17-14(23)18-7-10(13(21)22)19-12(20)11-8(15)4-3-5-9(11)16/h3-5,10H,2,6-7H2,1H3,(H,19,20)(H,21,22)(H2,17,18,23)/t10-/m0/s1. The van der Waals surface area contributed by atoms with Crippen LogP contribution >= 0.6 is 23.2 Å². The number of urea groups is 1. The summed E-state index contributed by atoms with van der Waals surface area (Å²) in [7, 11) is 0. The smallest absolute Gasteiger partial charge is 0.328 e. The molecule has 0 bridgehead atoms. The fraction of sp³-hybridized carbons (Fsp3) is 0.357. The number of carboxylic acids is 1. The van der Waals surface area contributed by atoms with Crippen LogP contribution in [0.5, 0.6) is 0 Å². The summed E-state index contributed by atoms with van der Waals surface area (Å²) in [6.45, 7) is 2.07. The molecular formula is C14H17Cl2N3O4. The van der Waals surface area contributed by atoms with Crippen molar-refractivity contribution in [2.45, 2.75) is 19.4 Å². The van der Waals surface area contributed by atoms with E-state index in [1.807, 2.05) is 6.92 Å². The maximum atomic E-state index is 12.1. The number of carbonyl (C=O) groups is 3. The Morgan fingerprint density at radius 1 is 1.17 bits per heavy atom. The second-order valence-corrected chi connectivity index (χ2v) is 5.41. The highest BCUT2D eigenvalue weighted by Gasteiger charge is 2.23. The van der Waals surface area contributed by atoms with Gasteiger partial charge in [-0.3, -0.25) is 4.79 Å². The zero-order chi connectivity index (χ0) is 17.4. The molecule has 0 fully saturated rings. The Balaban J connectivity index is 2.71. The molecule has 0 radical (unpaired) electrons. The van der Waals surface area contributed by atoms with Crippen LogP contribution in [0.25, 0.3) is 0 Å². The number of hydrogen-bond donors (Lipinski definition) is 4. The quantitative estimate of drug-likeness (QED) is 0.594. The van der Waals surface area contributed by atoms with Crippen molar-refractivity contribution in [3.05, 3.63) is 33.8 Å². The van der Waals surface area contributed by atoms with E-state index in [9.17, 15) is 14.4 Å². The highest BCUT2D eigenvalue weighted by atomic mass is 35.5. The summed E-state index contributed by atoms with van der Waals surface area (Å²) in [6, 6.07) is 2.67. The first-order valence-corrected chi connectivity index (χ1v) is 7.61. The molecule has 0 aromatic heterocycles. The van der Waals surface area contributed by atoms with Crippen molar-refractivity contribution in [3.8, 4) is 0 Å². The van der Waals surface area contributed by atoms with Gasteiger partial charge in [-0.15, -0.1) is 0 Å². The van der Waals surface area contributed by atoms with Crippen molar-refractivity contribution in [2.24, 2.45) is 0 Å². The fourth-order valence-electron chi connectivity index (χ4n) is 1.64. The molecule has 9 heteroatoms. The molecule has 0 saturated heterocycles. The molecule has 0 aliphatic heterocycles. The molecule has 1 aromatic carbocycles. The van der Waals surface area contributed by atoms with Gasteiger partial charge >= 0.3 is 12.0 Å². The number of carboxylic acid groups (broad SMARTS) is 1. The molecule has 1 atom stereocenters. The number of hydrogen-bond acceptors (Lipinski definition) is 3. The molecule has 0 spiro atoms. The van der Waals surface area contributed by atoms with Gasteiger partial charge in [-0.05, 0) is 18.6 Å². The van der Waals surface area contributed by atoms with Crippen molar-refractivity contribution in [1.82, 2.24) is 16.0 Å². The summed E-state index contributed by atoms with van der Waals surface area (Å²) in [6.07, 6.45) is 0.748.